The standard InChI is InChI=1S/C20H25N7OS/c1-12-17(29-26-25-12)19(28)21-13-8-10-14(11-9-13)22-20-23-16-7-5-4-6-15(16)18(24-20)27(2)3/h4-7,13-14H,8-11H2,1-3H3,(H,21,28)(H,22,23,24)/t13-,14+. The van der Waals surface area contributed by atoms with Gasteiger partial charge < -0.3 is 15.5 Å². The Bertz CT molecular complexity index is 1010. The first-order valence-electron chi connectivity index (χ1n) is 9.81. The molecule has 0 bridgehead atoms. The number of hydrogen-bond acceptors (Lipinski definition) is 8. The highest BCUT2D eigenvalue weighted by Gasteiger charge is 2.25. The number of aromatic nitrogens is 4. The molecule has 2 aromatic heterocycles. The molecule has 0 saturated heterocycles. The van der Waals surface area contributed by atoms with Crippen molar-refractivity contribution in [3.8, 4) is 0 Å². The van der Waals surface area contributed by atoms with Gasteiger partial charge in [-0.1, -0.05) is 16.6 Å². The predicted octanol–water partition coefficient (Wildman–Crippen LogP) is 3.01. The van der Waals surface area contributed by atoms with Crippen molar-refractivity contribution >= 4 is 40.1 Å². The molecule has 4 rings (SSSR count). The maximum Gasteiger partial charge on any atom is 0.265 e. The van der Waals surface area contributed by atoms with Crippen LogP contribution < -0.4 is 15.5 Å². The van der Waals surface area contributed by atoms with Crippen LogP contribution in [0, 0.1) is 6.92 Å². The average molecular weight is 412 g/mol. The molecular weight excluding hydrogens is 386 g/mol. The fraction of sp³-hybridized carbons (Fsp3) is 0.450. The molecular formula is C20H25N7OS. The Morgan fingerprint density at radius 1 is 1.10 bits per heavy atom. The normalized spacial score (nSPS) is 19.1. The van der Waals surface area contributed by atoms with Crippen LogP contribution in [0.5, 0.6) is 0 Å². The molecule has 2 heterocycles. The number of carbonyl (C=O) groups excluding carboxylic acids is 1. The Morgan fingerprint density at radius 3 is 2.52 bits per heavy atom. The molecule has 1 saturated carbocycles. The van der Waals surface area contributed by atoms with Crippen LogP contribution in [-0.2, 0) is 0 Å². The van der Waals surface area contributed by atoms with Gasteiger partial charge in [-0.2, -0.15) is 4.98 Å². The summed E-state index contributed by atoms with van der Waals surface area (Å²) in [5.74, 6) is 1.50. The smallest absolute Gasteiger partial charge is 0.265 e. The van der Waals surface area contributed by atoms with Crippen molar-refractivity contribution in [2.24, 2.45) is 0 Å². The van der Waals surface area contributed by atoms with Crippen LogP contribution in [0.25, 0.3) is 10.9 Å². The van der Waals surface area contributed by atoms with Gasteiger partial charge in [-0.15, -0.1) is 5.10 Å². The molecule has 1 amide bonds. The molecule has 0 atom stereocenters. The molecule has 0 spiro atoms. The molecule has 1 aliphatic rings. The first-order valence-corrected chi connectivity index (χ1v) is 10.6. The van der Waals surface area contributed by atoms with Gasteiger partial charge in [0, 0.05) is 31.6 Å². The fourth-order valence-electron chi connectivity index (χ4n) is 3.72. The van der Waals surface area contributed by atoms with E-state index in [0.29, 0.717) is 22.6 Å². The molecule has 9 heteroatoms. The lowest BCUT2D eigenvalue weighted by Gasteiger charge is -2.29. The van der Waals surface area contributed by atoms with E-state index in [1.54, 1.807) is 0 Å². The molecule has 0 aliphatic heterocycles. The van der Waals surface area contributed by atoms with E-state index in [-0.39, 0.29) is 11.9 Å². The molecule has 2 N–H and O–H groups in total. The van der Waals surface area contributed by atoms with Crippen LogP contribution in [-0.4, -0.2) is 51.6 Å². The number of para-hydroxylation sites is 1. The van der Waals surface area contributed by atoms with Gasteiger partial charge in [0.2, 0.25) is 5.95 Å². The molecule has 1 aliphatic carbocycles. The minimum atomic E-state index is -0.0672. The molecule has 0 radical (unpaired) electrons. The topological polar surface area (TPSA) is 95.9 Å². The molecule has 3 aromatic rings. The van der Waals surface area contributed by atoms with Crippen molar-refractivity contribution in [2.45, 2.75) is 44.7 Å². The number of anilines is 2. The Balaban J connectivity index is 1.38. The zero-order valence-corrected chi connectivity index (χ0v) is 17.7. The second-order valence-electron chi connectivity index (χ2n) is 7.64. The predicted molar refractivity (Wildman–Crippen MR) is 116 cm³/mol. The Hall–Kier alpha value is -2.81. The van der Waals surface area contributed by atoms with Crippen molar-refractivity contribution in [1.29, 1.82) is 0 Å². The summed E-state index contributed by atoms with van der Waals surface area (Å²) < 4.78 is 3.84. The summed E-state index contributed by atoms with van der Waals surface area (Å²) in [5.41, 5.74) is 1.62. The summed E-state index contributed by atoms with van der Waals surface area (Å²) in [7, 11) is 3.99. The lowest BCUT2D eigenvalue weighted by atomic mass is 9.91. The van der Waals surface area contributed by atoms with E-state index in [0.717, 1.165) is 53.9 Å². The summed E-state index contributed by atoms with van der Waals surface area (Å²) in [4.78, 5) is 24.4. The van der Waals surface area contributed by atoms with Gasteiger partial charge in [-0.25, -0.2) is 4.98 Å². The molecule has 1 aromatic carbocycles. The van der Waals surface area contributed by atoms with E-state index >= 15 is 0 Å². The first kappa shape index (κ1) is 19.5. The van der Waals surface area contributed by atoms with Crippen molar-refractivity contribution in [3.63, 3.8) is 0 Å². The fourth-order valence-corrected chi connectivity index (χ4v) is 4.28. The van der Waals surface area contributed by atoms with Gasteiger partial charge in [0.25, 0.3) is 5.91 Å². The van der Waals surface area contributed by atoms with E-state index in [9.17, 15) is 4.79 Å². The number of aryl methyl sites for hydroxylation is 1. The highest BCUT2D eigenvalue weighted by molar-refractivity contribution is 7.08. The summed E-state index contributed by atoms with van der Waals surface area (Å²) >= 11 is 1.15. The number of amides is 1. The lowest BCUT2D eigenvalue weighted by Crippen LogP contribution is -2.40. The van der Waals surface area contributed by atoms with Crippen molar-refractivity contribution in [1.82, 2.24) is 24.9 Å². The summed E-state index contributed by atoms with van der Waals surface area (Å²) in [6.07, 6.45) is 3.75. The summed E-state index contributed by atoms with van der Waals surface area (Å²) in [6.45, 7) is 1.81. The average Bonchev–Trinajstić information content (AvgIpc) is 3.15. The number of carbonyl (C=O) groups is 1. The van der Waals surface area contributed by atoms with Gasteiger partial charge in [-0.3, -0.25) is 4.79 Å². The second-order valence-corrected chi connectivity index (χ2v) is 8.39. The maximum atomic E-state index is 12.4. The van der Waals surface area contributed by atoms with Crippen LogP contribution in [0.1, 0.15) is 41.0 Å². The van der Waals surface area contributed by atoms with Gasteiger partial charge in [-0.05, 0) is 56.3 Å². The Morgan fingerprint density at radius 2 is 1.83 bits per heavy atom. The van der Waals surface area contributed by atoms with E-state index in [1.165, 1.54) is 0 Å². The SMILES string of the molecule is Cc1nnsc1C(=O)N[C@H]1CC[C@@H](Nc2nc(N(C)C)c3ccccc3n2)CC1. The molecule has 29 heavy (non-hydrogen) atoms. The van der Waals surface area contributed by atoms with Crippen LogP contribution >= 0.6 is 11.5 Å². The van der Waals surface area contributed by atoms with E-state index < -0.39 is 0 Å². The number of nitrogens with zero attached hydrogens (tertiary/aromatic N) is 5. The minimum absolute atomic E-state index is 0.0672. The first-order chi connectivity index (χ1) is 14.0. The molecule has 8 nitrogen and oxygen atoms in total. The lowest BCUT2D eigenvalue weighted by molar-refractivity contribution is 0.0930. The molecule has 1 fully saturated rings. The van der Waals surface area contributed by atoms with E-state index in [1.807, 2.05) is 50.2 Å². The number of fused-ring (bicyclic) bond motifs is 1. The molecule has 152 valence electrons. The third-order valence-corrected chi connectivity index (χ3v) is 6.09. The Kier molecular flexibility index (Phi) is 5.57. The van der Waals surface area contributed by atoms with Crippen LogP contribution in [0.2, 0.25) is 0 Å². The van der Waals surface area contributed by atoms with Crippen molar-refractivity contribution in [3.05, 3.63) is 34.8 Å². The van der Waals surface area contributed by atoms with Gasteiger partial charge in [0.1, 0.15) is 10.7 Å². The van der Waals surface area contributed by atoms with Crippen LogP contribution in [0.3, 0.4) is 0 Å². The quantitative estimate of drug-likeness (QED) is 0.666. The van der Waals surface area contributed by atoms with Crippen LogP contribution in [0.15, 0.2) is 24.3 Å². The Labute approximate surface area is 173 Å². The van der Waals surface area contributed by atoms with E-state index in [2.05, 4.69) is 20.2 Å². The van der Waals surface area contributed by atoms with Crippen LogP contribution in [0.4, 0.5) is 11.8 Å². The number of benzene rings is 1. The zero-order valence-electron chi connectivity index (χ0n) is 16.8. The second kappa shape index (κ2) is 8.28. The van der Waals surface area contributed by atoms with Crippen molar-refractivity contribution < 1.29 is 4.79 Å². The van der Waals surface area contributed by atoms with E-state index in [4.69, 9.17) is 9.97 Å². The largest absolute Gasteiger partial charge is 0.362 e. The highest BCUT2D eigenvalue weighted by Crippen LogP contribution is 2.26. The molecule has 0 unspecified atom stereocenters. The highest BCUT2D eigenvalue weighted by atomic mass is 32.1. The number of rotatable bonds is 5. The minimum Gasteiger partial charge on any atom is -0.362 e. The van der Waals surface area contributed by atoms with Crippen molar-refractivity contribution in [2.75, 3.05) is 24.3 Å². The van der Waals surface area contributed by atoms with Gasteiger partial charge in [0.05, 0.1) is 11.2 Å². The monoisotopic (exact) mass is 411 g/mol. The number of nitrogens with one attached hydrogen (secondary N) is 2. The third-order valence-electron chi connectivity index (χ3n) is 5.26. The third kappa shape index (κ3) is 4.29. The summed E-state index contributed by atoms with van der Waals surface area (Å²) in [6, 6.07) is 8.53. The zero-order chi connectivity index (χ0) is 20.4. The van der Waals surface area contributed by atoms with Gasteiger partial charge in [0.15, 0.2) is 0 Å². The number of hydrogen-bond donors (Lipinski definition) is 2. The van der Waals surface area contributed by atoms with Gasteiger partial charge >= 0.3 is 0 Å². The summed E-state index contributed by atoms with van der Waals surface area (Å²) in [5, 5.41) is 11.6. The maximum absolute atomic E-state index is 12.4.